The first-order valence-electron chi connectivity index (χ1n) is 8.32. The zero-order chi connectivity index (χ0) is 15.4. The van der Waals surface area contributed by atoms with Crippen LogP contribution in [0.5, 0.6) is 0 Å². The molecule has 2 heterocycles. The molecule has 21 heavy (non-hydrogen) atoms. The van der Waals surface area contributed by atoms with Crippen LogP contribution in [0.4, 0.5) is 0 Å². The molecule has 2 atom stereocenters. The van der Waals surface area contributed by atoms with Crippen LogP contribution >= 0.6 is 11.6 Å². The lowest BCUT2D eigenvalue weighted by Crippen LogP contribution is -2.46. The van der Waals surface area contributed by atoms with Gasteiger partial charge in [-0.2, -0.15) is 5.10 Å². The first-order chi connectivity index (χ1) is 10.1. The molecule has 2 rings (SSSR count). The van der Waals surface area contributed by atoms with Crippen molar-refractivity contribution in [3.63, 3.8) is 0 Å². The van der Waals surface area contributed by atoms with Crippen molar-refractivity contribution in [2.75, 3.05) is 13.1 Å². The van der Waals surface area contributed by atoms with E-state index >= 15 is 0 Å². The summed E-state index contributed by atoms with van der Waals surface area (Å²) in [5.41, 5.74) is 8.18. The molecule has 0 radical (unpaired) electrons. The summed E-state index contributed by atoms with van der Waals surface area (Å²) in [6.07, 6.45) is 4.63. The van der Waals surface area contributed by atoms with Gasteiger partial charge in [0.1, 0.15) is 0 Å². The van der Waals surface area contributed by atoms with Crippen LogP contribution in [0.15, 0.2) is 0 Å². The maximum absolute atomic E-state index is 6.53. The average Bonchev–Trinajstić information content (AvgIpc) is 2.83. The Morgan fingerprint density at radius 3 is 2.67 bits per heavy atom. The molecule has 1 aliphatic rings. The maximum Gasteiger partial charge on any atom is 0.0863 e. The normalized spacial score (nSPS) is 23.7. The van der Waals surface area contributed by atoms with Crippen molar-refractivity contribution in [3.05, 3.63) is 16.4 Å². The third kappa shape index (κ3) is 3.61. The molecule has 4 nitrogen and oxygen atoms in total. The molecule has 1 aromatic heterocycles. The molecule has 1 aromatic rings. The second kappa shape index (κ2) is 7.61. The number of piperidine rings is 1. The highest BCUT2D eigenvalue weighted by Gasteiger charge is 2.28. The van der Waals surface area contributed by atoms with Crippen LogP contribution < -0.4 is 5.73 Å². The minimum absolute atomic E-state index is 0.477. The predicted octanol–water partition coefficient (Wildman–Crippen LogP) is 3.07. The number of aryl methyl sites for hydroxylation is 2. The number of nitrogens with zero attached hydrogens (tertiary/aromatic N) is 3. The standard InChI is InChI=1S/C16H29ClN4/c1-4-12-7-8-20(13(9-12)10-18)11-15-16(17)14(5-2)19-21(15)6-3/h12-13H,4-11,18H2,1-3H3. The largest absolute Gasteiger partial charge is 0.329 e. The van der Waals surface area contributed by atoms with E-state index in [1.54, 1.807) is 0 Å². The minimum Gasteiger partial charge on any atom is -0.329 e. The summed E-state index contributed by atoms with van der Waals surface area (Å²) in [7, 11) is 0. The number of nitrogens with two attached hydrogens (primary N) is 1. The van der Waals surface area contributed by atoms with Crippen molar-refractivity contribution >= 4 is 11.6 Å². The van der Waals surface area contributed by atoms with Crippen molar-refractivity contribution in [3.8, 4) is 0 Å². The lowest BCUT2D eigenvalue weighted by atomic mass is 9.89. The second-order valence-electron chi connectivity index (χ2n) is 6.04. The van der Waals surface area contributed by atoms with Gasteiger partial charge in [-0.3, -0.25) is 9.58 Å². The van der Waals surface area contributed by atoms with Crippen LogP contribution in [0.2, 0.25) is 5.02 Å². The fourth-order valence-corrected chi connectivity index (χ4v) is 3.70. The van der Waals surface area contributed by atoms with E-state index in [2.05, 4.69) is 35.5 Å². The monoisotopic (exact) mass is 312 g/mol. The van der Waals surface area contributed by atoms with Crippen LogP contribution in [-0.2, 0) is 19.5 Å². The van der Waals surface area contributed by atoms with Gasteiger partial charge in [0.15, 0.2) is 0 Å². The first kappa shape index (κ1) is 16.8. The minimum atomic E-state index is 0.477. The van der Waals surface area contributed by atoms with Gasteiger partial charge in [0, 0.05) is 25.7 Å². The Labute approximate surface area is 133 Å². The zero-order valence-corrected chi connectivity index (χ0v) is 14.4. The van der Waals surface area contributed by atoms with E-state index in [9.17, 15) is 0 Å². The molecule has 0 saturated carbocycles. The van der Waals surface area contributed by atoms with Gasteiger partial charge in [-0.05, 0) is 38.6 Å². The molecule has 1 fully saturated rings. The van der Waals surface area contributed by atoms with E-state index in [0.717, 1.165) is 54.9 Å². The topological polar surface area (TPSA) is 47.1 Å². The van der Waals surface area contributed by atoms with Gasteiger partial charge >= 0.3 is 0 Å². The molecule has 0 amide bonds. The van der Waals surface area contributed by atoms with E-state index in [-0.39, 0.29) is 0 Å². The van der Waals surface area contributed by atoms with Gasteiger partial charge in [0.25, 0.3) is 0 Å². The van der Waals surface area contributed by atoms with Crippen molar-refractivity contribution in [2.24, 2.45) is 11.7 Å². The third-order valence-corrected chi connectivity index (χ3v) is 5.28. The van der Waals surface area contributed by atoms with Crippen molar-refractivity contribution in [2.45, 2.75) is 65.6 Å². The lowest BCUT2D eigenvalue weighted by molar-refractivity contribution is 0.104. The number of likely N-dealkylation sites (tertiary alicyclic amines) is 1. The maximum atomic E-state index is 6.53. The lowest BCUT2D eigenvalue weighted by Gasteiger charge is -2.38. The zero-order valence-electron chi connectivity index (χ0n) is 13.6. The van der Waals surface area contributed by atoms with Gasteiger partial charge in [0.05, 0.1) is 16.4 Å². The molecule has 0 aromatic carbocycles. The van der Waals surface area contributed by atoms with Crippen molar-refractivity contribution in [1.82, 2.24) is 14.7 Å². The summed E-state index contributed by atoms with van der Waals surface area (Å²) in [6, 6.07) is 0.477. The third-order valence-electron chi connectivity index (χ3n) is 4.84. The summed E-state index contributed by atoms with van der Waals surface area (Å²) in [5.74, 6) is 0.826. The quantitative estimate of drug-likeness (QED) is 0.878. The molecule has 1 saturated heterocycles. The molecule has 120 valence electrons. The fourth-order valence-electron chi connectivity index (χ4n) is 3.37. The van der Waals surface area contributed by atoms with E-state index in [4.69, 9.17) is 17.3 Å². The fraction of sp³-hybridized carbons (Fsp3) is 0.812. The van der Waals surface area contributed by atoms with Gasteiger partial charge in [-0.1, -0.05) is 31.9 Å². The Morgan fingerprint density at radius 1 is 1.33 bits per heavy atom. The summed E-state index contributed by atoms with van der Waals surface area (Å²) >= 11 is 6.53. The molecule has 5 heteroatoms. The molecular formula is C16H29ClN4. The van der Waals surface area contributed by atoms with Crippen LogP contribution in [0.3, 0.4) is 0 Å². The number of hydrogen-bond acceptors (Lipinski definition) is 3. The highest BCUT2D eigenvalue weighted by molar-refractivity contribution is 6.31. The smallest absolute Gasteiger partial charge is 0.0863 e. The molecule has 0 aliphatic carbocycles. The highest BCUT2D eigenvalue weighted by atomic mass is 35.5. The Kier molecular flexibility index (Phi) is 6.08. The van der Waals surface area contributed by atoms with E-state index in [1.807, 2.05) is 0 Å². The molecular weight excluding hydrogens is 284 g/mol. The van der Waals surface area contributed by atoms with Gasteiger partial charge in [-0.15, -0.1) is 0 Å². The second-order valence-corrected chi connectivity index (χ2v) is 6.41. The Bertz CT molecular complexity index is 457. The van der Waals surface area contributed by atoms with Crippen molar-refractivity contribution in [1.29, 1.82) is 0 Å². The van der Waals surface area contributed by atoms with Gasteiger partial charge in [-0.25, -0.2) is 0 Å². The van der Waals surface area contributed by atoms with Crippen LogP contribution in [0.1, 0.15) is 51.4 Å². The Morgan fingerprint density at radius 2 is 2.10 bits per heavy atom. The highest BCUT2D eigenvalue weighted by Crippen LogP contribution is 2.29. The predicted molar refractivity (Wildman–Crippen MR) is 88.6 cm³/mol. The number of rotatable bonds is 6. The molecule has 0 spiro atoms. The van der Waals surface area contributed by atoms with E-state index in [0.29, 0.717) is 6.04 Å². The Hall–Kier alpha value is -0.580. The van der Waals surface area contributed by atoms with E-state index in [1.165, 1.54) is 19.3 Å². The molecule has 0 bridgehead atoms. The summed E-state index contributed by atoms with van der Waals surface area (Å²) in [4.78, 5) is 2.50. The van der Waals surface area contributed by atoms with Crippen LogP contribution in [0, 0.1) is 5.92 Å². The Balaban J connectivity index is 2.15. The summed E-state index contributed by atoms with van der Waals surface area (Å²) < 4.78 is 2.06. The first-order valence-corrected chi connectivity index (χ1v) is 8.70. The van der Waals surface area contributed by atoms with Gasteiger partial charge in [0.2, 0.25) is 0 Å². The summed E-state index contributed by atoms with van der Waals surface area (Å²) in [6.45, 7) is 10.1. The number of aromatic nitrogens is 2. The average molecular weight is 313 g/mol. The van der Waals surface area contributed by atoms with Gasteiger partial charge < -0.3 is 5.73 Å². The molecule has 1 aliphatic heterocycles. The summed E-state index contributed by atoms with van der Waals surface area (Å²) in [5, 5.41) is 5.48. The number of halogens is 1. The van der Waals surface area contributed by atoms with E-state index < -0.39 is 0 Å². The molecule has 2 N–H and O–H groups in total. The SMILES string of the molecule is CCc1nn(CC)c(CN2CCC(CC)CC2CN)c1Cl. The van der Waals surface area contributed by atoms with Crippen LogP contribution in [-0.4, -0.2) is 33.8 Å². The number of hydrogen-bond donors (Lipinski definition) is 1. The molecule has 2 unspecified atom stereocenters. The van der Waals surface area contributed by atoms with Crippen LogP contribution in [0.25, 0.3) is 0 Å². The van der Waals surface area contributed by atoms with Crippen molar-refractivity contribution < 1.29 is 0 Å².